The molecule has 1 unspecified atom stereocenters. The summed E-state index contributed by atoms with van der Waals surface area (Å²) in [4.78, 5) is 2.48. The Balaban J connectivity index is 1.51. The molecule has 1 aromatic carbocycles. The van der Waals surface area contributed by atoms with E-state index in [1.165, 1.54) is 11.1 Å². The summed E-state index contributed by atoms with van der Waals surface area (Å²) in [6, 6.07) is 4.11. The standard InChI is InChI=1S/C23H33F2NO3/c1-22(2,3)10-15-12-26-6-5-14-7-21(29-13-16-11-23(16,24)25)20(28-4)8-17(14)18(26)9-19(15)27/h7-8,15-16,18-19,27H,5-6,9-13H2,1-4H3/t15-,16?,18-,19-/m1/s1. The fourth-order valence-corrected chi connectivity index (χ4v) is 5.00. The van der Waals surface area contributed by atoms with Gasteiger partial charge in [0.2, 0.25) is 0 Å². The lowest BCUT2D eigenvalue weighted by molar-refractivity contribution is -0.0259. The van der Waals surface area contributed by atoms with E-state index in [0.717, 1.165) is 25.9 Å². The maximum absolute atomic E-state index is 13.2. The van der Waals surface area contributed by atoms with Gasteiger partial charge in [-0.2, -0.15) is 0 Å². The molecule has 0 bridgehead atoms. The molecule has 29 heavy (non-hydrogen) atoms. The normalized spacial score (nSPS) is 31.0. The van der Waals surface area contributed by atoms with Crippen molar-refractivity contribution in [3.8, 4) is 11.5 Å². The van der Waals surface area contributed by atoms with Crippen molar-refractivity contribution in [2.75, 3.05) is 26.8 Å². The van der Waals surface area contributed by atoms with Gasteiger partial charge in [0.1, 0.15) is 0 Å². The molecular formula is C23H33F2NO3. The third kappa shape index (κ3) is 4.38. The first-order chi connectivity index (χ1) is 13.6. The van der Waals surface area contributed by atoms with Crippen LogP contribution in [0.3, 0.4) is 0 Å². The first-order valence-electron chi connectivity index (χ1n) is 10.7. The summed E-state index contributed by atoms with van der Waals surface area (Å²) in [5.41, 5.74) is 2.54. The molecule has 1 N–H and O–H groups in total. The molecule has 2 heterocycles. The number of ether oxygens (including phenoxy) is 2. The van der Waals surface area contributed by atoms with Gasteiger partial charge in [-0.3, -0.25) is 4.90 Å². The third-order valence-corrected chi connectivity index (χ3v) is 6.64. The summed E-state index contributed by atoms with van der Waals surface area (Å²) >= 11 is 0. The minimum Gasteiger partial charge on any atom is -0.493 e. The van der Waals surface area contributed by atoms with Crippen LogP contribution in [-0.2, 0) is 6.42 Å². The number of benzene rings is 1. The number of halogens is 2. The van der Waals surface area contributed by atoms with Crippen molar-refractivity contribution < 1.29 is 23.4 Å². The molecule has 1 aromatic rings. The van der Waals surface area contributed by atoms with Crippen LogP contribution in [0.2, 0.25) is 0 Å². The number of hydrogen-bond donors (Lipinski definition) is 1. The van der Waals surface area contributed by atoms with Crippen molar-refractivity contribution in [1.29, 1.82) is 0 Å². The second kappa shape index (κ2) is 7.38. The second-order valence-corrected chi connectivity index (χ2v) is 10.3. The van der Waals surface area contributed by atoms with Crippen LogP contribution in [0, 0.1) is 17.3 Å². The predicted octanol–water partition coefficient (Wildman–Crippen LogP) is 4.45. The van der Waals surface area contributed by atoms with E-state index in [9.17, 15) is 13.9 Å². The monoisotopic (exact) mass is 409 g/mol. The van der Waals surface area contributed by atoms with E-state index in [4.69, 9.17) is 9.47 Å². The van der Waals surface area contributed by atoms with E-state index in [0.29, 0.717) is 17.9 Å². The maximum atomic E-state index is 13.2. The molecule has 2 fully saturated rings. The van der Waals surface area contributed by atoms with Gasteiger partial charge in [-0.05, 0) is 53.9 Å². The number of aliphatic hydroxyl groups excluding tert-OH is 1. The molecule has 4 atom stereocenters. The van der Waals surface area contributed by atoms with Crippen molar-refractivity contribution in [2.24, 2.45) is 17.3 Å². The lowest BCUT2D eigenvalue weighted by Crippen LogP contribution is -2.48. The SMILES string of the molecule is COc1cc2c(cc1OCC1CC1(F)F)CCN1C[C@@H](CC(C)(C)C)[C@H](O)C[C@H]21. The van der Waals surface area contributed by atoms with Gasteiger partial charge in [-0.15, -0.1) is 0 Å². The van der Waals surface area contributed by atoms with Gasteiger partial charge in [0.25, 0.3) is 5.92 Å². The molecule has 2 aliphatic heterocycles. The number of methoxy groups -OCH3 is 1. The predicted molar refractivity (Wildman–Crippen MR) is 108 cm³/mol. The summed E-state index contributed by atoms with van der Waals surface area (Å²) in [5, 5.41) is 10.8. The summed E-state index contributed by atoms with van der Waals surface area (Å²) in [6.45, 7) is 8.53. The number of hydrogen-bond acceptors (Lipinski definition) is 4. The fourth-order valence-electron chi connectivity index (χ4n) is 5.00. The molecule has 0 radical (unpaired) electrons. The molecule has 3 aliphatic rings. The Bertz CT molecular complexity index is 761. The van der Waals surface area contributed by atoms with Gasteiger partial charge >= 0.3 is 0 Å². The number of aliphatic hydroxyl groups is 1. The minimum atomic E-state index is -2.58. The topological polar surface area (TPSA) is 41.9 Å². The Kier molecular flexibility index (Phi) is 5.31. The molecule has 6 heteroatoms. The summed E-state index contributed by atoms with van der Waals surface area (Å²) < 4.78 is 37.6. The second-order valence-electron chi connectivity index (χ2n) is 10.3. The van der Waals surface area contributed by atoms with Gasteiger partial charge in [-0.25, -0.2) is 8.78 Å². The summed E-state index contributed by atoms with van der Waals surface area (Å²) in [6.07, 6.45) is 2.20. The first-order valence-corrected chi connectivity index (χ1v) is 10.7. The highest BCUT2D eigenvalue weighted by Gasteiger charge is 2.57. The van der Waals surface area contributed by atoms with Crippen LogP contribution >= 0.6 is 0 Å². The van der Waals surface area contributed by atoms with Crippen molar-refractivity contribution in [2.45, 2.75) is 64.5 Å². The van der Waals surface area contributed by atoms with Crippen LogP contribution in [-0.4, -0.2) is 48.8 Å². The smallest absolute Gasteiger partial charge is 0.255 e. The molecule has 1 aliphatic carbocycles. The molecule has 0 amide bonds. The molecular weight excluding hydrogens is 376 g/mol. The highest BCUT2D eigenvalue weighted by atomic mass is 19.3. The highest BCUT2D eigenvalue weighted by molar-refractivity contribution is 5.49. The highest BCUT2D eigenvalue weighted by Crippen LogP contribution is 2.49. The van der Waals surface area contributed by atoms with Crippen LogP contribution in [0.5, 0.6) is 11.5 Å². The number of alkyl halides is 2. The number of fused-ring (bicyclic) bond motifs is 3. The van der Waals surface area contributed by atoms with Crippen LogP contribution in [0.1, 0.15) is 57.2 Å². The summed E-state index contributed by atoms with van der Waals surface area (Å²) in [5.74, 6) is -1.85. The fraction of sp³-hybridized carbons (Fsp3) is 0.739. The van der Waals surface area contributed by atoms with Crippen LogP contribution < -0.4 is 9.47 Å². The Hall–Kier alpha value is -1.40. The van der Waals surface area contributed by atoms with Gasteiger partial charge in [-0.1, -0.05) is 20.8 Å². The van der Waals surface area contributed by atoms with Gasteiger partial charge in [0, 0.05) is 25.6 Å². The van der Waals surface area contributed by atoms with Crippen molar-refractivity contribution >= 4 is 0 Å². The van der Waals surface area contributed by atoms with Gasteiger partial charge in [0.15, 0.2) is 11.5 Å². The number of rotatable bonds is 5. The zero-order valence-electron chi connectivity index (χ0n) is 17.9. The molecule has 4 nitrogen and oxygen atoms in total. The van der Waals surface area contributed by atoms with E-state index in [1.807, 2.05) is 12.1 Å². The number of piperidine rings is 1. The van der Waals surface area contributed by atoms with E-state index >= 15 is 0 Å². The zero-order chi connectivity index (χ0) is 21.0. The average Bonchev–Trinajstić information content (AvgIpc) is 3.25. The van der Waals surface area contributed by atoms with Crippen molar-refractivity contribution in [3.05, 3.63) is 23.3 Å². The van der Waals surface area contributed by atoms with Crippen LogP contribution in [0.25, 0.3) is 0 Å². The Morgan fingerprint density at radius 1 is 1.24 bits per heavy atom. The Morgan fingerprint density at radius 2 is 1.97 bits per heavy atom. The maximum Gasteiger partial charge on any atom is 0.255 e. The Morgan fingerprint density at radius 3 is 2.59 bits per heavy atom. The van der Waals surface area contributed by atoms with Gasteiger partial charge < -0.3 is 14.6 Å². The van der Waals surface area contributed by atoms with E-state index < -0.39 is 11.8 Å². The molecule has 1 saturated heterocycles. The van der Waals surface area contributed by atoms with E-state index in [-0.39, 0.29) is 36.5 Å². The van der Waals surface area contributed by atoms with Crippen LogP contribution in [0.4, 0.5) is 8.78 Å². The minimum absolute atomic E-state index is 0.0187. The summed E-state index contributed by atoms with van der Waals surface area (Å²) in [7, 11) is 1.58. The average molecular weight is 410 g/mol. The molecule has 162 valence electrons. The van der Waals surface area contributed by atoms with E-state index in [2.05, 4.69) is 25.7 Å². The van der Waals surface area contributed by atoms with Crippen molar-refractivity contribution in [1.82, 2.24) is 4.90 Å². The van der Waals surface area contributed by atoms with E-state index in [1.54, 1.807) is 7.11 Å². The third-order valence-electron chi connectivity index (χ3n) is 6.64. The zero-order valence-corrected chi connectivity index (χ0v) is 17.9. The lowest BCUT2D eigenvalue weighted by atomic mass is 9.75. The molecule has 0 aromatic heterocycles. The van der Waals surface area contributed by atoms with Gasteiger partial charge in [0.05, 0.1) is 25.7 Å². The Labute approximate surface area is 172 Å². The lowest BCUT2D eigenvalue weighted by Gasteiger charge is -2.47. The largest absolute Gasteiger partial charge is 0.493 e. The molecule has 4 rings (SSSR count). The quantitative estimate of drug-likeness (QED) is 0.780. The first kappa shape index (κ1) is 20.9. The molecule has 1 saturated carbocycles. The number of nitrogens with zero attached hydrogens (tertiary/aromatic N) is 1. The van der Waals surface area contributed by atoms with Crippen molar-refractivity contribution in [3.63, 3.8) is 0 Å². The molecule has 0 spiro atoms. The van der Waals surface area contributed by atoms with Crippen LogP contribution in [0.15, 0.2) is 12.1 Å².